The topological polar surface area (TPSA) is 35.5 Å². The van der Waals surface area contributed by atoms with Crippen LogP contribution in [0.5, 0.6) is 0 Å². The fourth-order valence-electron chi connectivity index (χ4n) is 2.60. The number of carbonyl (C=O) groups is 1. The van der Waals surface area contributed by atoms with Gasteiger partial charge in [0.1, 0.15) is 11.6 Å². The average Bonchev–Trinajstić information content (AvgIpc) is 2.75. The molecule has 0 atom stereocenters. The van der Waals surface area contributed by atoms with E-state index >= 15 is 0 Å². The summed E-state index contributed by atoms with van der Waals surface area (Å²) in [6.45, 7) is 7.54. The van der Waals surface area contributed by atoms with Crippen LogP contribution in [-0.4, -0.2) is 24.1 Å². The lowest BCUT2D eigenvalue weighted by Gasteiger charge is -2.32. The summed E-state index contributed by atoms with van der Waals surface area (Å²) in [5.74, 6) is -1.38. The lowest BCUT2D eigenvalue weighted by atomic mass is 9.78. The summed E-state index contributed by atoms with van der Waals surface area (Å²) in [6, 6.07) is 9.32. The third-order valence-electron chi connectivity index (χ3n) is 4.88. The van der Waals surface area contributed by atoms with Crippen LogP contribution in [0, 0.1) is 11.6 Å². The van der Waals surface area contributed by atoms with E-state index in [0.717, 1.165) is 6.07 Å². The summed E-state index contributed by atoms with van der Waals surface area (Å²) in [4.78, 5) is 12.4. The number of carbonyl (C=O) groups excluding carboxylic acids is 1. The summed E-state index contributed by atoms with van der Waals surface area (Å²) in [6.07, 6.45) is 0. The minimum Gasteiger partial charge on any atom is -0.399 e. The second kappa shape index (κ2) is 6.04. The molecule has 2 aromatic rings. The molecule has 0 bridgehead atoms. The zero-order chi connectivity index (χ0) is 18.4. The minimum atomic E-state index is -0.833. The molecule has 0 aromatic heterocycles. The molecule has 0 saturated carbocycles. The van der Waals surface area contributed by atoms with E-state index in [9.17, 15) is 13.6 Å². The highest BCUT2D eigenvalue weighted by atomic mass is 19.1. The van der Waals surface area contributed by atoms with E-state index in [2.05, 4.69) is 0 Å². The molecule has 1 fully saturated rings. The molecule has 130 valence electrons. The van der Waals surface area contributed by atoms with Crippen molar-refractivity contribution in [2.24, 2.45) is 0 Å². The first-order valence-corrected chi connectivity index (χ1v) is 8.06. The molecule has 1 heterocycles. The first-order valence-electron chi connectivity index (χ1n) is 8.06. The van der Waals surface area contributed by atoms with E-state index in [1.54, 1.807) is 0 Å². The van der Waals surface area contributed by atoms with Crippen molar-refractivity contribution in [1.82, 2.24) is 0 Å². The lowest BCUT2D eigenvalue weighted by molar-refractivity contribution is 0.00578. The van der Waals surface area contributed by atoms with E-state index in [4.69, 9.17) is 9.31 Å². The van der Waals surface area contributed by atoms with Crippen LogP contribution in [0.15, 0.2) is 42.5 Å². The maximum absolute atomic E-state index is 14.6. The lowest BCUT2D eigenvalue weighted by Crippen LogP contribution is -2.41. The number of hydrogen-bond acceptors (Lipinski definition) is 3. The van der Waals surface area contributed by atoms with Gasteiger partial charge in [-0.2, -0.15) is 0 Å². The standard InChI is InChI=1S/C19H19BF2O3/c1-18(2)19(3,4)25-20(24-18)15-10-7-13(11-16(15)22)17(23)12-5-8-14(21)9-6-12/h5-11H,1-4H3. The molecular weight excluding hydrogens is 325 g/mol. The van der Waals surface area contributed by atoms with Crippen molar-refractivity contribution in [3.05, 3.63) is 65.2 Å². The summed E-state index contributed by atoms with van der Waals surface area (Å²) in [5.41, 5.74) is -0.428. The smallest absolute Gasteiger partial charge is 0.399 e. The Kier molecular flexibility index (Phi) is 4.29. The number of ketones is 1. The van der Waals surface area contributed by atoms with Gasteiger partial charge in [-0.3, -0.25) is 4.79 Å². The van der Waals surface area contributed by atoms with Crippen LogP contribution < -0.4 is 5.46 Å². The molecular formula is C19H19BF2O3. The number of halogens is 2. The Morgan fingerprint density at radius 3 is 1.92 bits per heavy atom. The Morgan fingerprint density at radius 2 is 1.40 bits per heavy atom. The Balaban J connectivity index is 1.87. The Hall–Kier alpha value is -2.05. The van der Waals surface area contributed by atoms with E-state index < -0.39 is 30.0 Å². The van der Waals surface area contributed by atoms with E-state index in [-0.39, 0.29) is 16.8 Å². The van der Waals surface area contributed by atoms with Gasteiger partial charge in [-0.1, -0.05) is 12.1 Å². The van der Waals surface area contributed by atoms with Gasteiger partial charge in [-0.15, -0.1) is 0 Å². The fourth-order valence-corrected chi connectivity index (χ4v) is 2.60. The molecule has 25 heavy (non-hydrogen) atoms. The molecule has 6 heteroatoms. The average molecular weight is 344 g/mol. The van der Waals surface area contributed by atoms with Gasteiger partial charge in [0.05, 0.1) is 11.2 Å². The van der Waals surface area contributed by atoms with Gasteiger partial charge in [0, 0.05) is 16.6 Å². The van der Waals surface area contributed by atoms with Crippen molar-refractivity contribution < 1.29 is 22.9 Å². The molecule has 0 aliphatic carbocycles. The van der Waals surface area contributed by atoms with Crippen LogP contribution in [-0.2, 0) is 9.31 Å². The SMILES string of the molecule is CC1(C)OB(c2ccc(C(=O)c3ccc(F)cc3)cc2F)OC1(C)C. The van der Waals surface area contributed by atoms with Crippen molar-refractivity contribution >= 4 is 18.4 Å². The number of rotatable bonds is 3. The van der Waals surface area contributed by atoms with Crippen molar-refractivity contribution in [1.29, 1.82) is 0 Å². The molecule has 2 aromatic carbocycles. The van der Waals surface area contributed by atoms with E-state index in [0.29, 0.717) is 5.56 Å². The van der Waals surface area contributed by atoms with Crippen molar-refractivity contribution in [3.8, 4) is 0 Å². The molecule has 0 N–H and O–H groups in total. The van der Waals surface area contributed by atoms with Gasteiger partial charge in [-0.05, 0) is 58.0 Å². The second-order valence-electron chi connectivity index (χ2n) is 7.16. The number of hydrogen-bond donors (Lipinski definition) is 0. The molecule has 1 aliphatic rings. The molecule has 3 nitrogen and oxygen atoms in total. The highest BCUT2D eigenvalue weighted by Gasteiger charge is 2.52. The Labute approximate surface area is 146 Å². The molecule has 1 saturated heterocycles. The summed E-state index contributed by atoms with van der Waals surface area (Å²) >= 11 is 0. The van der Waals surface area contributed by atoms with Crippen molar-refractivity contribution in [2.45, 2.75) is 38.9 Å². The zero-order valence-corrected chi connectivity index (χ0v) is 14.6. The fraction of sp³-hybridized carbons (Fsp3) is 0.316. The van der Waals surface area contributed by atoms with Gasteiger partial charge in [-0.25, -0.2) is 8.78 Å². The third-order valence-corrected chi connectivity index (χ3v) is 4.88. The molecule has 3 rings (SSSR count). The zero-order valence-electron chi connectivity index (χ0n) is 14.6. The molecule has 0 spiro atoms. The highest BCUT2D eigenvalue weighted by Crippen LogP contribution is 2.36. The maximum Gasteiger partial charge on any atom is 0.497 e. The third kappa shape index (κ3) is 3.24. The largest absolute Gasteiger partial charge is 0.497 e. The first kappa shape index (κ1) is 17.8. The predicted molar refractivity (Wildman–Crippen MR) is 91.9 cm³/mol. The maximum atomic E-state index is 14.6. The number of benzene rings is 2. The molecule has 0 radical (unpaired) electrons. The van der Waals surface area contributed by atoms with Crippen LogP contribution >= 0.6 is 0 Å². The second-order valence-corrected chi connectivity index (χ2v) is 7.16. The Bertz CT molecular complexity index is 800. The Morgan fingerprint density at radius 1 is 0.880 bits per heavy atom. The molecule has 0 unspecified atom stereocenters. The molecule has 1 aliphatic heterocycles. The quantitative estimate of drug-likeness (QED) is 0.632. The summed E-state index contributed by atoms with van der Waals surface area (Å²) in [7, 11) is -0.833. The highest BCUT2D eigenvalue weighted by molar-refractivity contribution is 6.62. The summed E-state index contributed by atoms with van der Waals surface area (Å²) < 4.78 is 39.2. The van der Waals surface area contributed by atoms with Gasteiger partial charge in [0.2, 0.25) is 0 Å². The van der Waals surface area contributed by atoms with Crippen LogP contribution in [0.25, 0.3) is 0 Å². The first-order chi connectivity index (χ1) is 11.6. The van der Waals surface area contributed by atoms with Gasteiger partial charge < -0.3 is 9.31 Å². The van der Waals surface area contributed by atoms with Crippen LogP contribution in [0.2, 0.25) is 0 Å². The van der Waals surface area contributed by atoms with Gasteiger partial charge in [0.25, 0.3) is 0 Å². The van der Waals surface area contributed by atoms with E-state index in [1.165, 1.54) is 36.4 Å². The van der Waals surface area contributed by atoms with E-state index in [1.807, 2.05) is 27.7 Å². The van der Waals surface area contributed by atoms with Crippen LogP contribution in [0.3, 0.4) is 0 Å². The molecule has 0 amide bonds. The van der Waals surface area contributed by atoms with Crippen LogP contribution in [0.1, 0.15) is 43.6 Å². The van der Waals surface area contributed by atoms with Crippen LogP contribution in [0.4, 0.5) is 8.78 Å². The predicted octanol–water partition coefficient (Wildman–Crippen LogP) is 3.50. The monoisotopic (exact) mass is 344 g/mol. The summed E-state index contributed by atoms with van der Waals surface area (Å²) in [5, 5.41) is 0. The minimum absolute atomic E-state index is 0.185. The van der Waals surface area contributed by atoms with Crippen molar-refractivity contribution in [3.63, 3.8) is 0 Å². The van der Waals surface area contributed by atoms with Gasteiger partial charge in [0.15, 0.2) is 5.78 Å². The van der Waals surface area contributed by atoms with Crippen molar-refractivity contribution in [2.75, 3.05) is 0 Å². The van der Waals surface area contributed by atoms with Gasteiger partial charge >= 0.3 is 7.12 Å². The normalized spacial score (nSPS) is 18.4.